The van der Waals surface area contributed by atoms with Crippen molar-refractivity contribution in [2.75, 3.05) is 20.1 Å². The van der Waals surface area contributed by atoms with Gasteiger partial charge in [0.05, 0.1) is 5.41 Å². The fraction of sp³-hybridized carbons (Fsp3) is 0.846. The Balaban J connectivity index is 1.79. The molecule has 0 bridgehead atoms. The van der Waals surface area contributed by atoms with Crippen LogP contribution in [0.3, 0.4) is 0 Å². The number of carbonyl (C=O) groups is 2. The summed E-state index contributed by atoms with van der Waals surface area (Å²) in [6.45, 7) is 4.81. The van der Waals surface area contributed by atoms with Crippen molar-refractivity contribution in [1.82, 2.24) is 10.2 Å². The van der Waals surface area contributed by atoms with Gasteiger partial charge in [-0.3, -0.25) is 9.59 Å². The Morgan fingerprint density at radius 2 is 1.94 bits per heavy atom. The number of likely N-dealkylation sites (tertiary alicyclic amines) is 1. The molecule has 5 heteroatoms. The maximum atomic E-state index is 12.0. The number of nitrogens with zero attached hydrogens (tertiary/aromatic N) is 1. The summed E-state index contributed by atoms with van der Waals surface area (Å²) < 4.78 is 0. The minimum atomic E-state index is -0.965. The molecule has 2 aliphatic rings. The van der Waals surface area contributed by atoms with Crippen LogP contribution in [0.2, 0.25) is 0 Å². The highest BCUT2D eigenvalue weighted by Crippen LogP contribution is 2.48. The second-order valence-corrected chi connectivity index (χ2v) is 6.51. The number of nitrogens with one attached hydrogen (secondary N) is 1. The van der Waals surface area contributed by atoms with Gasteiger partial charge in [0, 0.05) is 31.0 Å². The first-order valence-electron chi connectivity index (χ1n) is 6.46. The van der Waals surface area contributed by atoms with E-state index in [1.807, 2.05) is 7.05 Å². The minimum Gasteiger partial charge on any atom is -0.481 e. The number of rotatable bonds is 4. The van der Waals surface area contributed by atoms with Crippen molar-refractivity contribution in [2.24, 2.45) is 10.8 Å². The van der Waals surface area contributed by atoms with Gasteiger partial charge in [0.15, 0.2) is 0 Å². The normalized spacial score (nSPS) is 22.5. The Morgan fingerprint density at radius 1 is 1.39 bits per heavy atom. The summed E-state index contributed by atoms with van der Waals surface area (Å²) in [4.78, 5) is 24.8. The van der Waals surface area contributed by atoms with E-state index in [0.717, 1.165) is 25.9 Å². The smallest absolute Gasteiger partial charge is 0.309 e. The molecule has 2 N–H and O–H groups in total. The molecule has 5 nitrogen and oxygen atoms in total. The van der Waals surface area contributed by atoms with Crippen molar-refractivity contribution in [2.45, 2.75) is 39.2 Å². The molecule has 2 rings (SSSR count). The van der Waals surface area contributed by atoms with Crippen LogP contribution in [0.4, 0.5) is 0 Å². The fourth-order valence-corrected chi connectivity index (χ4v) is 2.95. The Kier molecular flexibility index (Phi) is 3.13. The molecule has 0 aromatic heterocycles. The average molecular weight is 254 g/mol. The van der Waals surface area contributed by atoms with Crippen molar-refractivity contribution in [1.29, 1.82) is 0 Å². The van der Waals surface area contributed by atoms with Gasteiger partial charge in [0.2, 0.25) is 5.91 Å². The predicted molar refractivity (Wildman–Crippen MR) is 67.1 cm³/mol. The van der Waals surface area contributed by atoms with Crippen molar-refractivity contribution in [3.05, 3.63) is 0 Å². The lowest BCUT2D eigenvalue weighted by Gasteiger charge is -2.59. The largest absolute Gasteiger partial charge is 0.481 e. The van der Waals surface area contributed by atoms with E-state index in [9.17, 15) is 9.59 Å². The van der Waals surface area contributed by atoms with Crippen molar-refractivity contribution in [3.8, 4) is 0 Å². The van der Waals surface area contributed by atoms with Gasteiger partial charge in [-0.2, -0.15) is 0 Å². The van der Waals surface area contributed by atoms with E-state index in [1.54, 1.807) is 18.7 Å². The molecule has 0 aromatic rings. The third kappa shape index (κ3) is 2.23. The second-order valence-electron chi connectivity index (χ2n) is 6.51. The van der Waals surface area contributed by atoms with Crippen LogP contribution < -0.4 is 5.32 Å². The van der Waals surface area contributed by atoms with E-state index >= 15 is 0 Å². The van der Waals surface area contributed by atoms with Crippen molar-refractivity contribution >= 4 is 11.9 Å². The van der Waals surface area contributed by atoms with Gasteiger partial charge in [-0.1, -0.05) is 0 Å². The van der Waals surface area contributed by atoms with Crippen molar-refractivity contribution in [3.63, 3.8) is 0 Å². The Labute approximate surface area is 108 Å². The maximum Gasteiger partial charge on any atom is 0.309 e. The highest BCUT2D eigenvalue weighted by Gasteiger charge is 2.53. The number of carboxylic acid groups (broad SMARTS) is 1. The van der Waals surface area contributed by atoms with E-state index in [0.29, 0.717) is 11.5 Å². The Morgan fingerprint density at radius 3 is 2.39 bits per heavy atom. The Bertz CT molecular complexity index is 364. The van der Waals surface area contributed by atoms with Crippen LogP contribution in [0.1, 0.15) is 33.1 Å². The van der Waals surface area contributed by atoms with Crippen molar-refractivity contribution < 1.29 is 14.7 Å². The monoisotopic (exact) mass is 254 g/mol. The second kappa shape index (κ2) is 4.23. The molecule has 2 fully saturated rings. The number of aliphatic carboxylic acids is 1. The summed E-state index contributed by atoms with van der Waals surface area (Å²) >= 11 is 0. The van der Waals surface area contributed by atoms with E-state index in [-0.39, 0.29) is 12.3 Å². The Hall–Kier alpha value is -1.10. The van der Waals surface area contributed by atoms with Crippen LogP contribution >= 0.6 is 0 Å². The average Bonchev–Trinajstić information content (AvgIpc) is 2.12. The van der Waals surface area contributed by atoms with Gasteiger partial charge in [0.25, 0.3) is 0 Å². The summed E-state index contributed by atoms with van der Waals surface area (Å²) in [6, 6.07) is 0.595. The van der Waals surface area contributed by atoms with Gasteiger partial charge in [-0.15, -0.1) is 0 Å². The van der Waals surface area contributed by atoms with Crippen LogP contribution in [0.25, 0.3) is 0 Å². The first-order chi connectivity index (χ1) is 8.28. The summed E-state index contributed by atoms with van der Waals surface area (Å²) in [5, 5.41) is 12.3. The molecule has 0 atom stereocenters. The third-order valence-corrected chi connectivity index (χ3v) is 4.34. The molecule has 1 saturated carbocycles. The number of hydrogen-bond acceptors (Lipinski definition) is 3. The lowest BCUT2D eigenvalue weighted by atomic mass is 9.60. The number of carbonyl (C=O) groups excluding carboxylic acids is 1. The van der Waals surface area contributed by atoms with Crippen LogP contribution in [0.15, 0.2) is 0 Å². The van der Waals surface area contributed by atoms with Gasteiger partial charge in [-0.25, -0.2) is 0 Å². The summed E-state index contributed by atoms with van der Waals surface area (Å²) in [6.07, 6.45) is 2.36. The van der Waals surface area contributed by atoms with Crippen LogP contribution in [-0.4, -0.2) is 48.1 Å². The summed E-state index contributed by atoms with van der Waals surface area (Å²) in [5.74, 6) is -0.939. The maximum absolute atomic E-state index is 12.0. The molecule has 18 heavy (non-hydrogen) atoms. The number of amides is 1. The quantitative estimate of drug-likeness (QED) is 0.774. The lowest BCUT2D eigenvalue weighted by Crippen LogP contribution is -2.67. The molecule has 1 saturated heterocycles. The molecule has 1 aliphatic carbocycles. The minimum absolute atomic E-state index is 0.0269. The van der Waals surface area contributed by atoms with Crippen LogP contribution in [0.5, 0.6) is 0 Å². The summed E-state index contributed by atoms with van der Waals surface area (Å²) in [5.41, 5.74) is -0.635. The SMILES string of the molecule is CNC1CC2(C1)CN(C(=O)CC(C)(C)C(=O)O)C2. The molecule has 102 valence electrons. The third-order valence-electron chi connectivity index (χ3n) is 4.34. The van der Waals surface area contributed by atoms with Gasteiger partial charge in [0.1, 0.15) is 0 Å². The van der Waals surface area contributed by atoms with Crippen LogP contribution in [0, 0.1) is 10.8 Å². The highest BCUT2D eigenvalue weighted by atomic mass is 16.4. The van der Waals surface area contributed by atoms with E-state index in [1.165, 1.54) is 0 Å². The summed E-state index contributed by atoms with van der Waals surface area (Å²) in [7, 11) is 1.97. The number of hydrogen-bond donors (Lipinski definition) is 2. The van der Waals surface area contributed by atoms with E-state index in [4.69, 9.17) is 5.11 Å². The fourth-order valence-electron chi connectivity index (χ4n) is 2.95. The molecular weight excluding hydrogens is 232 g/mol. The zero-order valence-corrected chi connectivity index (χ0v) is 11.3. The first kappa shape index (κ1) is 13.3. The zero-order chi connectivity index (χ0) is 13.6. The number of carboxylic acids is 1. The molecule has 1 aliphatic heterocycles. The molecule has 1 heterocycles. The molecule has 0 radical (unpaired) electrons. The standard InChI is InChI=1S/C13H22N2O3/c1-12(2,11(17)18)6-10(16)15-7-13(8-15)4-9(5-13)14-3/h9,14H,4-8H2,1-3H3,(H,17,18). The zero-order valence-electron chi connectivity index (χ0n) is 11.3. The molecular formula is C13H22N2O3. The van der Waals surface area contributed by atoms with E-state index in [2.05, 4.69) is 5.32 Å². The van der Waals surface area contributed by atoms with Gasteiger partial charge >= 0.3 is 5.97 Å². The van der Waals surface area contributed by atoms with Gasteiger partial charge < -0.3 is 15.3 Å². The predicted octanol–water partition coefficient (Wildman–Crippen LogP) is 0.698. The highest BCUT2D eigenvalue weighted by molar-refractivity contribution is 5.85. The molecule has 0 unspecified atom stereocenters. The molecule has 1 spiro atoms. The van der Waals surface area contributed by atoms with E-state index < -0.39 is 11.4 Å². The molecule has 0 aromatic carbocycles. The van der Waals surface area contributed by atoms with Crippen LogP contribution in [-0.2, 0) is 9.59 Å². The lowest BCUT2D eigenvalue weighted by molar-refractivity contribution is -0.160. The van der Waals surface area contributed by atoms with Gasteiger partial charge in [-0.05, 0) is 33.7 Å². The first-order valence-corrected chi connectivity index (χ1v) is 6.46. The topological polar surface area (TPSA) is 69.6 Å². The molecule has 1 amide bonds.